The fourth-order valence-electron chi connectivity index (χ4n) is 2.91. The van der Waals surface area contributed by atoms with Gasteiger partial charge in [-0.3, -0.25) is 0 Å². The van der Waals surface area contributed by atoms with Gasteiger partial charge >= 0.3 is 0 Å². The molecular weight excluding hydrogens is 251 g/mol. The van der Waals surface area contributed by atoms with Gasteiger partial charge in [0.25, 0.3) is 0 Å². The van der Waals surface area contributed by atoms with Gasteiger partial charge in [0.2, 0.25) is 0 Å². The number of aliphatic hydroxyl groups is 1. The highest BCUT2D eigenvalue weighted by Crippen LogP contribution is 2.32. The Bertz CT molecular complexity index is 407. The van der Waals surface area contributed by atoms with Gasteiger partial charge in [0.15, 0.2) is 0 Å². The van der Waals surface area contributed by atoms with E-state index in [1.807, 2.05) is 0 Å². The lowest BCUT2D eigenvalue weighted by molar-refractivity contribution is 0.0720. The summed E-state index contributed by atoms with van der Waals surface area (Å²) in [7, 11) is 0. The third-order valence-electron chi connectivity index (χ3n) is 3.95. The predicted octanol–water partition coefficient (Wildman–Crippen LogP) is 4.21. The Hall–Kier alpha value is -0.600. The number of hydrogen-bond acceptors (Lipinski definition) is 1. The Morgan fingerprint density at radius 1 is 1.44 bits per heavy atom. The standard InChI is InChI=1S/C15H20ClFO/c1-10-3-2-4-12(7-10)15(18)9-11-5-6-13(16)14(17)8-11/h5-6,8,10,12,15,18H,2-4,7,9H2,1H3. The average Bonchev–Trinajstić information content (AvgIpc) is 2.34. The third kappa shape index (κ3) is 3.46. The molecule has 100 valence electrons. The Balaban J connectivity index is 1.97. The van der Waals surface area contributed by atoms with E-state index in [0.29, 0.717) is 18.3 Å². The van der Waals surface area contributed by atoms with Gasteiger partial charge in [0, 0.05) is 0 Å². The largest absolute Gasteiger partial charge is 0.392 e. The zero-order valence-corrected chi connectivity index (χ0v) is 11.5. The molecule has 1 N–H and O–H groups in total. The molecule has 2 rings (SSSR count). The molecule has 18 heavy (non-hydrogen) atoms. The van der Waals surface area contributed by atoms with Crippen molar-refractivity contribution in [3.63, 3.8) is 0 Å². The average molecular weight is 271 g/mol. The molecule has 1 nitrogen and oxygen atoms in total. The molecule has 0 amide bonds. The molecule has 0 aliphatic heterocycles. The first-order valence-electron chi connectivity index (χ1n) is 6.68. The van der Waals surface area contributed by atoms with Gasteiger partial charge in [-0.05, 0) is 48.8 Å². The molecule has 0 saturated heterocycles. The molecule has 1 fully saturated rings. The molecule has 3 unspecified atom stereocenters. The van der Waals surface area contributed by atoms with Crippen molar-refractivity contribution in [3.05, 3.63) is 34.6 Å². The number of benzene rings is 1. The zero-order chi connectivity index (χ0) is 13.1. The zero-order valence-electron chi connectivity index (χ0n) is 10.7. The second-order valence-electron chi connectivity index (χ2n) is 5.55. The Morgan fingerprint density at radius 2 is 2.22 bits per heavy atom. The SMILES string of the molecule is CC1CCCC(C(O)Cc2ccc(Cl)c(F)c2)C1. The van der Waals surface area contributed by atoms with Crippen LogP contribution in [0.4, 0.5) is 4.39 Å². The first-order chi connectivity index (χ1) is 8.56. The normalized spacial score (nSPS) is 26.0. The van der Waals surface area contributed by atoms with Crippen LogP contribution in [-0.4, -0.2) is 11.2 Å². The molecule has 1 aromatic rings. The van der Waals surface area contributed by atoms with Gasteiger partial charge in [-0.25, -0.2) is 4.39 Å². The topological polar surface area (TPSA) is 20.2 Å². The van der Waals surface area contributed by atoms with E-state index >= 15 is 0 Å². The lowest BCUT2D eigenvalue weighted by atomic mass is 9.78. The molecule has 0 bridgehead atoms. The fraction of sp³-hybridized carbons (Fsp3) is 0.600. The van der Waals surface area contributed by atoms with Gasteiger partial charge in [-0.2, -0.15) is 0 Å². The van der Waals surface area contributed by atoms with Gasteiger partial charge in [0.1, 0.15) is 5.82 Å². The van der Waals surface area contributed by atoms with Crippen molar-refractivity contribution in [2.24, 2.45) is 11.8 Å². The van der Waals surface area contributed by atoms with Crippen LogP contribution in [0.3, 0.4) is 0 Å². The van der Waals surface area contributed by atoms with Crippen molar-refractivity contribution in [2.75, 3.05) is 0 Å². The highest BCUT2D eigenvalue weighted by atomic mass is 35.5. The summed E-state index contributed by atoms with van der Waals surface area (Å²) >= 11 is 5.65. The van der Waals surface area contributed by atoms with Gasteiger partial charge in [-0.1, -0.05) is 37.4 Å². The summed E-state index contributed by atoms with van der Waals surface area (Å²) in [5.41, 5.74) is 0.822. The molecule has 1 aliphatic rings. The third-order valence-corrected chi connectivity index (χ3v) is 4.26. The molecule has 0 radical (unpaired) electrons. The number of hydrogen-bond donors (Lipinski definition) is 1. The lowest BCUT2D eigenvalue weighted by Crippen LogP contribution is -2.27. The smallest absolute Gasteiger partial charge is 0.142 e. The van der Waals surface area contributed by atoms with Crippen LogP contribution in [0.2, 0.25) is 5.02 Å². The minimum Gasteiger partial charge on any atom is -0.392 e. The Labute approximate surface area is 113 Å². The van der Waals surface area contributed by atoms with E-state index in [1.54, 1.807) is 12.1 Å². The minimum absolute atomic E-state index is 0.138. The van der Waals surface area contributed by atoms with E-state index < -0.39 is 5.82 Å². The van der Waals surface area contributed by atoms with E-state index in [-0.39, 0.29) is 11.1 Å². The maximum Gasteiger partial charge on any atom is 0.142 e. The second-order valence-corrected chi connectivity index (χ2v) is 5.96. The summed E-state index contributed by atoms with van der Waals surface area (Å²) in [6.45, 7) is 2.24. The van der Waals surface area contributed by atoms with Crippen LogP contribution in [0, 0.1) is 17.7 Å². The van der Waals surface area contributed by atoms with E-state index in [0.717, 1.165) is 18.4 Å². The molecule has 0 aromatic heterocycles. The summed E-state index contributed by atoms with van der Waals surface area (Å²) in [5.74, 6) is 0.645. The molecule has 1 aromatic carbocycles. The summed E-state index contributed by atoms with van der Waals surface area (Å²) < 4.78 is 13.3. The van der Waals surface area contributed by atoms with Crippen LogP contribution in [0.25, 0.3) is 0 Å². The van der Waals surface area contributed by atoms with Crippen molar-refractivity contribution in [2.45, 2.75) is 45.1 Å². The predicted molar refractivity (Wildman–Crippen MR) is 72.2 cm³/mol. The summed E-state index contributed by atoms with van der Waals surface area (Å²) in [6, 6.07) is 4.78. The highest BCUT2D eigenvalue weighted by Gasteiger charge is 2.25. The molecular formula is C15H20ClFO. The van der Waals surface area contributed by atoms with Crippen LogP contribution in [0.15, 0.2) is 18.2 Å². The van der Waals surface area contributed by atoms with Crippen molar-refractivity contribution >= 4 is 11.6 Å². The Morgan fingerprint density at radius 3 is 2.89 bits per heavy atom. The Kier molecular flexibility index (Phi) is 4.63. The number of rotatable bonds is 3. The highest BCUT2D eigenvalue weighted by molar-refractivity contribution is 6.30. The van der Waals surface area contributed by atoms with E-state index in [1.165, 1.54) is 18.9 Å². The van der Waals surface area contributed by atoms with E-state index in [9.17, 15) is 9.50 Å². The van der Waals surface area contributed by atoms with Crippen LogP contribution < -0.4 is 0 Å². The van der Waals surface area contributed by atoms with Crippen molar-refractivity contribution < 1.29 is 9.50 Å². The van der Waals surface area contributed by atoms with Crippen LogP contribution >= 0.6 is 11.6 Å². The van der Waals surface area contributed by atoms with Gasteiger partial charge in [-0.15, -0.1) is 0 Å². The van der Waals surface area contributed by atoms with E-state index in [2.05, 4.69) is 6.92 Å². The summed E-state index contributed by atoms with van der Waals surface area (Å²) in [6.07, 6.45) is 4.77. The van der Waals surface area contributed by atoms with Gasteiger partial charge < -0.3 is 5.11 Å². The van der Waals surface area contributed by atoms with Crippen molar-refractivity contribution in [1.29, 1.82) is 0 Å². The minimum atomic E-state index is -0.404. The van der Waals surface area contributed by atoms with Crippen molar-refractivity contribution in [1.82, 2.24) is 0 Å². The molecule has 0 spiro atoms. The summed E-state index contributed by atoms with van der Waals surface area (Å²) in [4.78, 5) is 0. The molecule has 1 saturated carbocycles. The number of halogens is 2. The number of aliphatic hydroxyl groups excluding tert-OH is 1. The molecule has 1 aliphatic carbocycles. The molecule has 0 heterocycles. The van der Waals surface area contributed by atoms with E-state index in [4.69, 9.17) is 11.6 Å². The van der Waals surface area contributed by atoms with Crippen LogP contribution in [-0.2, 0) is 6.42 Å². The monoisotopic (exact) mass is 270 g/mol. The summed E-state index contributed by atoms with van der Waals surface area (Å²) in [5, 5.41) is 10.4. The van der Waals surface area contributed by atoms with Crippen molar-refractivity contribution in [3.8, 4) is 0 Å². The maximum absolute atomic E-state index is 13.3. The lowest BCUT2D eigenvalue weighted by Gasteiger charge is -2.30. The second kappa shape index (κ2) is 6.03. The first kappa shape index (κ1) is 13.8. The van der Waals surface area contributed by atoms with Gasteiger partial charge in [0.05, 0.1) is 11.1 Å². The van der Waals surface area contributed by atoms with Crippen LogP contribution in [0.5, 0.6) is 0 Å². The first-order valence-corrected chi connectivity index (χ1v) is 7.06. The fourth-order valence-corrected chi connectivity index (χ4v) is 3.02. The molecule has 3 atom stereocenters. The maximum atomic E-state index is 13.3. The molecule has 3 heteroatoms. The quantitative estimate of drug-likeness (QED) is 0.872. The van der Waals surface area contributed by atoms with Crippen LogP contribution in [0.1, 0.15) is 38.2 Å².